The van der Waals surface area contributed by atoms with Crippen molar-refractivity contribution in [2.75, 3.05) is 26.2 Å². The number of guanidine groups is 1. The molecule has 0 unspecified atom stereocenters. The number of piperidine rings is 1. The van der Waals surface area contributed by atoms with Crippen molar-refractivity contribution in [2.45, 2.75) is 85.7 Å². The molecule has 0 bridgehead atoms. The highest BCUT2D eigenvalue weighted by atomic mass is 15.2. The van der Waals surface area contributed by atoms with Gasteiger partial charge < -0.3 is 15.5 Å². The molecule has 0 amide bonds. The summed E-state index contributed by atoms with van der Waals surface area (Å²) in [6.45, 7) is 17.9. The lowest BCUT2D eigenvalue weighted by Crippen LogP contribution is -2.49. The summed E-state index contributed by atoms with van der Waals surface area (Å²) >= 11 is 0. The maximum absolute atomic E-state index is 4.76. The summed E-state index contributed by atoms with van der Waals surface area (Å²) in [5.41, 5.74) is 0.441. The molecule has 1 rings (SSSR count). The van der Waals surface area contributed by atoms with Crippen LogP contribution in [0.1, 0.15) is 73.6 Å². The minimum absolute atomic E-state index is 0.441. The van der Waals surface area contributed by atoms with Crippen LogP contribution in [-0.4, -0.2) is 49.1 Å². The summed E-state index contributed by atoms with van der Waals surface area (Å²) in [4.78, 5) is 7.33. The third-order valence-electron chi connectivity index (χ3n) is 4.55. The fraction of sp³-hybridized carbons (Fsp3) is 0.947. The van der Waals surface area contributed by atoms with Crippen molar-refractivity contribution in [2.24, 2.45) is 10.4 Å². The molecule has 4 nitrogen and oxygen atoms in total. The van der Waals surface area contributed by atoms with Gasteiger partial charge in [-0.05, 0) is 51.9 Å². The van der Waals surface area contributed by atoms with Crippen molar-refractivity contribution in [1.82, 2.24) is 15.5 Å². The molecule has 1 saturated heterocycles. The van der Waals surface area contributed by atoms with Crippen LogP contribution in [0.25, 0.3) is 0 Å². The second kappa shape index (κ2) is 10.2. The Kier molecular flexibility index (Phi) is 8.96. The number of nitrogens with zero attached hydrogens (tertiary/aromatic N) is 2. The van der Waals surface area contributed by atoms with Gasteiger partial charge in [0.1, 0.15) is 0 Å². The molecule has 0 atom stereocenters. The smallest absolute Gasteiger partial charge is 0.191 e. The zero-order chi connectivity index (χ0) is 17.3. The van der Waals surface area contributed by atoms with E-state index in [2.05, 4.69) is 57.1 Å². The zero-order valence-corrected chi connectivity index (χ0v) is 16.4. The zero-order valence-electron chi connectivity index (χ0n) is 16.4. The molecule has 1 fully saturated rings. The second-order valence-corrected chi connectivity index (χ2v) is 8.33. The molecule has 0 saturated carbocycles. The van der Waals surface area contributed by atoms with Gasteiger partial charge in [-0.2, -0.15) is 0 Å². The molecule has 0 aromatic carbocycles. The quantitative estimate of drug-likeness (QED) is 0.427. The molecule has 0 radical (unpaired) electrons. The summed E-state index contributed by atoms with van der Waals surface area (Å²) in [6, 6.07) is 1.23. The lowest BCUT2D eigenvalue weighted by atomic mass is 9.90. The van der Waals surface area contributed by atoms with Crippen molar-refractivity contribution in [3.05, 3.63) is 0 Å². The van der Waals surface area contributed by atoms with Crippen molar-refractivity contribution in [3.63, 3.8) is 0 Å². The molecule has 1 heterocycles. The second-order valence-electron chi connectivity index (χ2n) is 8.33. The predicted octanol–water partition coefficient (Wildman–Crippen LogP) is 3.63. The Balaban J connectivity index is 2.32. The van der Waals surface area contributed by atoms with Crippen LogP contribution in [0.5, 0.6) is 0 Å². The molecule has 4 heteroatoms. The van der Waals surface area contributed by atoms with E-state index in [1.807, 2.05) is 0 Å². The van der Waals surface area contributed by atoms with Gasteiger partial charge in [0.05, 0.1) is 0 Å². The topological polar surface area (TPSA) is 39.7 Å². The minimum atomic E-state index is 0.441. The normalized spacial score (nSPS) is 18.5. The monoisotopic (exact) mass is 324 g/mol. The molecular weight excluding hydrogens is 284 g/mol. The van der Waals surface area contributed by atoms with Gasteiger partial charge in [-0.1, -0.05) is 27.2 Å². The Morgan fingerprint density at radius 3 is 2.35 bits per heavy atom. The number of hydrogen-bond acceptors (Lipinski definition) is 2. The highest BCUT2D eigenvalue weighted by Crippen LogP contribution is 2.21. The van der Waals surface area contributed by atoms with Crippen LogP contribution in [0.3, 0.4) is 0 Å². The maximum atomic E-state index is 4.76. The first-order chi connectivity index (χ1) is 10.8. The number of nitrogens with one attached hydrogen (secondary N) is 2. The number of aliphatic imine (C=N–C) groups is 1. The van der Waals surface area contributed by atoms with Gasteiger partial charge in [-0.25, -0.2) is 0 Å². The van der Waals surface area contributed by atoms with Crippen LogP contribution in [0, 0.1) is 5.41 Å². The first-order valence-corrected chi connectivity index (χ1v) is 9.60. The van der Waals surface area contributed by atoms with Gasteiger partial charge in [-0.3, -0.25) is 4.99 Å². The largest absolute Gasteiger partial charge is 0.357 e. The summed E-state index contributed by atoms with van der Waals surface area (Å²) < 4.78 is 0. The summed E-state index contributed by atoms with van der Waals surface area (Å²) in [7, 11) is 0. The van der Waals surface area contributed by atoms with Gasteiger partial charge in [0.15, 0.2) is 5.96 Å². The fourth-order valence-electron chi connectivity index (χ4n) is 3.03. The van der Waals surface area contributed by atoms with E-state index < -0.39 is 0 Å². The Bertz CT molecular complexity index is 336. The average molecular weight is 325 g/mol. The number of unbranched alkanes of at least 4 members (excludes halogenated alkanes) is 1. The molecule has 2 N–H and O–H groups in total. The molecule has 136 valence electrons. The van der Waals surface area contributed by atoms with Crippen LogP contribution < -0.4 is 10.6 Å². The van der Waals surface area contributed by atoms with Crippen LogP contribution in [0.4, 0.5) is 0 Å². The fourth-order valence-corrected chi connectivity index (χ4v) is 3.03. The average Bonchev–Trinajstić information content (AvgIpc) is 2.46. The van der Waals surface area contributed by atoms with E-state index in [0.717, 1.165) is 19.0 Å². The van der Waals surface area contributed by atoms with Crippen LogP contribution in [0.15, 0.2) is 4.99 Å². The maximum Gasteiger partial charge on any atom is 0.191 e. The van der Waals surface area contributed by atoms with Crippen LogP contribution >= 0.6 is 0 Å². The van der Waals surface area contributed by atoms with Crippen molar-refractivity contribution < 1.29 is 0 Å². The standard InChI is InChI=1S/C19H40N4/c1-7-20-18(21-13-9-8-12-19(4,5)6)22-17-10-14-23(15-11-17)16(2)3/h16-17H,7-15H2,1-6H3,(H2,20,21,22). The Morgan fingerprint density at radius 2 is 1.83 bits per heavy atom. The molecule has 1 aliphatic heterocycles. The third kappa shape index (κ3) is 9.19. The third-order valence-corrected chi connectivity index (χ3v) is 4.55. The first kappa shape index (κ1) is 20.3. The van der Waals surface area contributed by atoms with E-state index in [1.54, 1.807) is 0 Å². The highest BCUT2D eigenvalue weighted by Gasteiger charge is 2.21. The highest BCUT2D eigenvalue weighted by molar-refractivity contribution is 5.80. The van der Waals surface area contributed by atoms with Gasteiger partial charge in [0.2, 0.25) is 0 Å². The van der Waals surface area contributed by atoms with E-state index in [0.29, 0.717) is 17.5 Å². The van der Waals surface area contributed by atoms with E-state index in [-0.39, 0.29) is 0 Å². The van der Waals surface area contributed by atoms with Crippen molar-refractivity contribution in [3.8, 4) is 0 Å². The van der Waals surface area contributed by atoms with Gasteiger partial charge in [-0.15, -0.1) is 0 Å². The molecular formula is C19H40N4. The van der Waals surface area contributed by atoms with Crippen LogP contribution in [0.2, 0.25) is 0 Å². The molecule has 23 heavy (non-hydrogen) atoms. The van der Waals surface area contributed by atoms with Crippen molar-refractivity contribution in [1.29, 1.82) is 0 Å². The van der Waals surface area contributed by atoms with E-state index >= 15 is 0 Å². The molecule has 1 aliphatic rings. The number of rotatable bonds is 7. The minimum Gasteiger partial charge on any atom is -0.357 e. The van der Waals surface area contributed by atoms with Crippen LogP contribution in [-0.2, 0) is 0 Å². The molecule has 0 aromatic rings. The summed E-state index contributed by atoms with van der Waals surface area (Å²) in [5.74, 6) is 1.01. The SMILES string of the molecule is CCNC(=NCCCCC(C)(C)C)NC1CCN(C(C)C)CC1. The number of hydrogen-bond donors (Lipinski definition) is 2. The molecule has 0 aromatic heterocycles. The van der Waals surface area contributed by atoms with E-state index in [1.165, 1.54) is 45.2 Å². The lowest BCUT2D eigenvalue weighted by Gasteiger charge is -2.35. The van der Waals surface area contributed by atoms with Gasteiger partial charge in [0, 0.05) is 38.3 Å². The molecule has 0 spiro atoms. The van der Waals surface area contributed by atoms with E-state index in [9.17, 15) is 0 Å². The van der Waals surface area contributed by atoms with Gasteiger partial charge in [0.25, 0.3) is 0 Å². The van der Waals surface area contributed by atoms with Crippen molar-refractivity contribution >= 4 is 5.96 Å². The molecule has 0 aliphatic carbocycles. The Labute approximate surface area is 144 Å². The first-order valence-electron chi connectivity index (χ1n) is 9.60. The number of likely N-dealkylation sites (tertiary alicyclic amines) is 1. The summed E-state index contributed by atoms with van der Waals surface area (Å²) in [6.07, 6.45) is 6.15. The summed E-state index contributed by atoms with van der Waals surface area (Å²) in [5, 5.41) is 7.03. The Morgan fingerprint density at radius 1 is 1.17 bits per heavy atom. The van der Waals surface area contributed by atoms with Gasteiger partial charge >= 0.3 is 0 Å². The lowest BCUT2D eigenvalue weighted by molar-refractivity contribution is 0.167. The predicted molar refractivity (Wildman–Crippen MR) is 102 cm³/mol. The Hall–Kier alpha value is -0.770. The van der Waals surface area contributed by atoms with E-state index in [4.69, 9.17) is 4.99 Å².